The molecule has 0 unspecified atom stereocenters. The molecular formula is C19H28N2O2. The Morgan fingerprint density at radius 3 is 2.30 bits per heavy atom. The lowest BCUT2D eigenvalue weighted by atomic mass is 9.64. The van der Waals surface area contributed by atoms with E-state index < -0.39 is 0 Å². The maximum absolute atomic E-state index is 12.5. The first-order valence-electron chi connectivity index (χ1n) is 8.81. The van der Waals surface area contributed by atoms with Gasteiger partial charge in [-0.3, -0.25) is 9.59 Å². The molecular weight excluding hydrogens is 288 g/mol. The van der Waals surface area contributed by atoms with Gasteiger partial charge in [-0.2, -0.15) is 0 Å². The number of amides is 2. The van der Waals surface area contributed by atoms with Gasteiger partial charge in [-0.05, 0) is 43.4 Å². The van der Waals surface area contributed by atoms with Crippen molar-refractivity contribution < 1.29 is 9.59 Å². The number of unbranched alkanes of at least 4 members (excludes halogenated alkanes) is 1. The van der Waals surface area contributed by atoms with Crippen LogP contribution in [0, 0.1) is 0 Å². The summed E-state index contributed by atoms with van der Waals surface area (Å²) in [7, 11) is 0. The third-order valence-electron chi connectivity index (χ3n) is 4.66. The van der Waals surface area contributed by atoms with Gasteiger partial charge < -0.3 is 10.6 Å². The number of carbonyl (C=O) groups excluding carboxylic acids is 2. The summed E-state index contributed by atoms with van der Waals surface area (Å²) in [5.74, 6) is 0.198. The lowest BCUT2D eigenvalue weighted by molar-refractivity contribution is -0.129. The smallest absolute Gasteiger partial charge is 0.230 e. The highest BCUT2D eigenvalue weighted by Gasteiger charge is 2.45. The summed E-state index contributed by atoms with van der Waals surface area (Å²) in [4.78, 5) is 24.3. The molecule has 2 rings (SSSR count). The van der Waals surface area contributed by atoms with Crippen LogP contribution in [0.5, 0.6) is 0 Å². The summed E-state index contributed by atoms with van der Waals surface area (Å²) in [6.45, 7) is 4.86. The van der Waals surface area contributed by atoms with Crippen molar-refractivity contribution >= 4 is 17.5 Å². The fraction of sp³-hybridized carbons (Fsp3) is 0.579. The van der Waals surface area contributed by atoms with Gasteiger partial charge in [-0.25, -0.2) is 0 Å². The first-order valence-corrected chi connectivity index (χ1v) is 8.81. The van der Waals surface area contributed by atoms with Crippen LogP contribution in [0.4, 0.5) is 5.69 Å². The van der Waals surface area contributed by atoms with E-state index in [1.807, 2.05) is 24.3 Å². The summed E-state index contributed by atoms with van der Waals surface area (Å²) in [5, 5.41) is 5.95. The van der Waals surface area contributed by atoms with Gasteiger partial charge in [0.25, 0.3) is 0 Å². The second-order valence-electron chi connectivity index (χ2n) is 6.42. The van der Waals surface area contributed by atoms with Gasteiger partial charge >= 0.3 is 0 Å². The highest BCUT2D eigenvalue weighted by molar-refractivity contribution is 5.91. The molecule has 1 aliphatic rings. The minimum absolute atomic E-state index is 0.0543. The molecule has 4 heteroatoms. The Morgan fingerprint density at radius 2 is 1.78 bits per heavy atom. The molecule has 1 saturated carbocycles. The predicted octanol–water partition coefficient (Wildman–Crippen LogP) is 3.76. The Hall–Kier alpha value is -1.84. The molecule has 1 aromatic carbocycles. The zero-order chi connectivity index (χ0) is 16.7. The van der Waals surface area contributed by atoms with Crippen molar-refractivity contribution in [1.82, 2.24) is 5.32 Å². The van der Waals surface area contributed by atoms with Crippen molar-refractivity contribution in [2.45, 2.75) is 64.2 Å². The van der Waals surface area contributed by atoms with E-state index in [9.17, 15) is 9.59 Å². The second kappa shape index (κ2) is 8.14. The molecule has 2 amide bonds. The molecule has 1 aromatic rings. The number of nitrogens with one attached hydrogen (secondary N) is 2. The predicted molar refractivity (Wildman–Crippen MR) is 93.4 cm³/mol. The van der Waals surface area contributed by atoms with E-state index in [1.165, 1.54) is 0 Å². The highest BCUT2D eigenvalue weighted by Crippen LogP contribution is 2.44. The van der Waals surface area contributed by atoms with Crippen LogP contribution in [0.2, 0.25) is 0 Å². The van der Waals surface area contributed by atoms with Gasteiger partial charge in [-0.1, -0.05) is 38.8 Å². The first kappa shape index (κ1) is 17.5. The molecule has 23 heavy (non-hydrogen) atoms. The van der Waals surface area contributed by atoms with E-state index in [4.69, 9.17) is 0 Å². The zero-order valence-electron chi connectivity index (χ0n) is 14.3. The SMILES string of the molecule is CCCCC(=O)Nc1ccc(C2(C(=O)NCCC)CCC2)cc1. The van der Waals surface area contributed by atoms with Crippen LogP contribution in [-0.4, -0.2) is 18.4 Å². The number of rotatable bonds is 8. The van der Waals surface area contributed by atoms with Crippen LogP contribution < -0.4 is 10.6 Å². The zero-order valence-corrected chi connectivity index (χ0v) is 14.3. The minimum Gasteiger partial charge on any atom is -0.355 e. The van der Waals surface area contributed by atoms with Gasteiger partial charge in [0.05, 0.1) is 5.41 Å². The van der Waals surface area contributed by atoms with Gasteiger partial charge in [0.2, 0.25) is 11.8 Å². The Morgan fingerprint density at radius 1 is 1.09 bits per heavy atom. The molecule has 0 spiro atoms. The van der Waals surface area contributed by atoms with Gasteiger partial charge in [-0.15, -0.1) is 0 Å². The van der Waals surface area contributed by atoms with Crippen LogP contribution in [0.3, 0.4) is 0 Å². The van der Waals surface area contributed by atoms with Crippen molar-refractivity contribution in [2.75, 3.05) is 11.9 Å². The van der Waals surface area contributed by atoms with Crippen molar-refractivity contribution in [3.8, 4) is 0 Å². The molecule has 126 valence electrons. The van der Waals surface area contributed by atoms with E-state index in [1.54, 1.807) is 0 Å². The van der Waals surface area contributed by atoms with Crippen molar-refractivity contribution in [1.29, 1.82) is 0 Å². The number of hydrogen-bond acceptors (Lipinski definition) is 2. The summed E-state index contributed by atoms with van der Waals surface area (Å²) in [6, 6.07) is 7.79. The largest absolute Gasteiger partial charge is 0.355 e. The fourth-order valence-electron chi connectivity index (χ4n) is 3.02. The Kier molecular flexibility index (Phi) is 6.20. The molecule has 0 aromatic heterocycles. The van der Waals surface area contributed by atoms with E-state index in [-0.39, 0.29) is 17.2 Å². The van der Waals surface area contributed by atoms with Gasteiger partial charge in [0.15, 0.2) is 0 Å². The minimum atomic E-state index is -0.361. The van der Waals surface area contributed by atoms with Crippen LogP contribution in [-0.2, 0) is 15.0 Å². The maximum Gasteiger partial charge on any atom is 0.230 e. The lowest BCUT2D eigenvalue weighted by Gasteiger charge is -2.40. The normalized spacial score (nSPS) is 15.6. The number of anilines is 1. The van der Waals surface area contributed by atoms with Gasteiger partial charge in [0.1, 0.15) is 0 Å². The molecule has 1 fully saturated rings. The topological polar surface area (TPSA) is 58.2 Å². The average molecular weight is 316 g/mol. The van der Waals surface area contributed by atoms with Crippen LogP contribution in [0.15, 0.2) is 24.3 Å². The lowest BCUT2D eigenvalue weighted by Crippen LogP contribution is -2.49. The third-order valence-corrected chi connectivity index (χ3v) is 4.66. The monoisotopic (exact) mass is 316 g/mol. The van der Waals surface area contributed by atoms with Crippen molar-refractivity contribution in [3.05, 3.63) is 29.8 Å². The molecule has 1 aliphatic carbocycles. The van der Waals surface area contributed by atoms with E-state index in [2.05, 4.69) is 24.5 Å². The fourth-order valence-corrected chi connectivity index (χ4v) is 3.02. The Bertz CT molecular complexity index is 533. The van der Waals surface area contributed by atoms with Crippen molar-refractivity contribution in [2.24, 2.45) is 0 Å². The standard InChI is InChI=1S/C19H28N2O2/c1-3-5-7-17(22)21-16-10-8-15(9-11-16)19(12-6-13-19)18(23)20-14-4-2/h8-11H,3-7,12-14H2,1-2H3,(H,20,23)(H,21,22). The second-order valence-corrected chi connectivity index (χ2v) is 6.42. The summed E-state index contributed by atoms with van der Waals surface area (Å²) in [6.07, 6.45) is 6.34. The highest BCUT2D eigenvalue weighted by atomic mass is 16.2. The van der Waals surface area contributed by atoms with Crippen LogP contribution in [0.1, 0.15) is 64.4 Å². The molecule has 0 heterocycles. The van der Waals surface area contributed by atoms with E-state index in [0.717, 1.165) is 56.3 Å². The Labute approximate surface area is 139 Å². The number of hydrogen-bond donors (Lipinski definition) is 2. The molecule has 2 N–H and O–H groups in total. The number of carbonyl (C=O) groups is 2. The molecule has 0 radical (unpaired) electrons. The van der Waals surface area contributed by atoms with Crippen molar-refractivity contribution in [3.63, 3.8) is 0 Å². The van der Waals surface area contributed by atoms with Crippen LogP contribution in [0.25, 0.3) is 0 Å². The molecule has 0 bridgehead atoms. The molecule has 0 aliphatic heterocycles. The summed E-state index contributed by atoms with van der Waals surface area (Å²) < 4.78 is 0. The van der Waals surface area contributed by atoms with E-state index >= 15 is 0 Å². The van der Waals surface area contributed by atoms with Gasteiger partial charge in [0, 0.05) is 18.7 Å². The average Bonchev–Trinajstić information content (AvgIpc) is 2.51. The quantitative estimate of drug-likeness (QED) is 0.767. The van der Waals surface area contributed by atoms with Crippen LogP contribution >= 0.6 is 0 Å². The summed E-state index contributed by atoms with van der Waals surface area (Å²) >= 11 is 0. The molecule has 0 saturated heterocycles. The Balaban J connectivity index is 2.02. The number of benzene rings is 1. The van der Waals surface area contributed by atoms with E-state index in [0.29, 0.717) is 6.42 Å². The molecule has 4 nitrogen and oxygen atoms in total. The summed E-state index contributed by atoms with van der Waals surface area (Å²) in [5.41, 5.74) is 1.50. The molecule has 0 atom stereocenters. The third kappa shape index (κ3) is 4.12. The first-order chi connectivity index (χ1) is 11.1. The maximum atomic E-state index is 12.5.